The quantitative estimate of drug-likeness (QED) is 0.626. The van der Waals surface area contributed by atoms with Gasteiger partial charge in [-0.25, -0.2) is 9.97 Å². The number of imidazole rings is 1. The minimum atomic E-state index is 0.475. The number of nitrogens with two attached hydrogens (primary N) is 1. The fraction of sp³-hybridized carbons (Fsp3) is 0.118. The fourth-order valence-electron chi connectivity index (χ4n) is 2.73. The Balaban J connectivity index is 1.95. The Morgan fingerprint density at radius 1 is 1.17 bits per heavy atom. The number of aromatic nitrogens is 5. The smallest absolute Gasteiger partial charge is 0.140 e. The van der Waals surface area contributed by atoms with E-state index in [2.05, 4.69) is 15.1 Å². The molecule has 0 fully saturated rings. The first kappa shape index (κ1) is 14.3. The van der Waals surface area contributed by atoms with Gasteiger partial charge in [-0.3, -0.25) is 9.08 Å². The second-order valence-corrected chi connectivity index (χ2v) is 5.48. The van der Waals surface area contributed by atoms with Crippen LogP contribution in [0.1, 0.15) is 0 Å². The van der Waals surface area contributed by atoms with E-state index in [1.165, 1.54) is 0 Å². The Labute approximate surface area is 138 Å². The molecular formula is C17H16N6O. The highest BCUT2D eigenvalue weighted by molar-refractivity contribution is 5.73. The van der Waals surface area contributed by atoms with Crippen LogP contribution in [0.3, 0.4) is 0 Å². The third-order valence-corrected chi connectivity index (χ3v) is 3.88. The maximum atomic E-state index is 5.81. The second kappa shape index (κ2) is 5.38. The van der Waals surface area contributed by atoms with E-state index >= 15 is 0 Å². The van der Waals surface area contributed by atoms with Gasteiger partial charge in [0.05, 0.1) is 30.9 Å². The molecule has 7 heteroatoms. The predicted octanol–water partition coefficient (Wildman–Crippen LogP) is 2.39. The standard InChI is InChI=1S/C17H16N6O/c1-22-9-11(7-20-22)12-10-23-14(13-4-3-5-16(18)21-13)8-19-17(23)6-15(12)24-2/h3-10H,1-2H3,(H2,18,21). The summed E-state index contributed by atoms with van der Waals surface area (Å²) in [6.07, 6.45) is 7.51. The highest BCUT2D eigenvalue weighted by Crippen LogP contribution is 2.32. The topological polar surface area (TPSA) is 83.3 Å². The lowest BCUT2D eigenvalue weighted by Crippen LogP contribution is -1.96. The van der Waals surface area contributed by atoms with E-state index in [1.54, 1.807) is 30.3 Å². The fourth-order valence-corrected chi connectivity index (χ4v) is 2.73. The van der Waals surface area contributed by atoms with Crippen LogP contribution >= 0.6 is 0 Å². The van der Waals surface area contributed by atoms with Gasteiger partial charge in [-0.1, -0.05) is 6.07 Å². The van der Waals surface area contributed by atoms with Gasteiger partial charge in [-0.15, -0.1) is 0 Å². The molecule has 0 saturated carbocycles. The molecule has 0 spiro atoms. The van der Waals surface area contributed by atoms with E-state index in [1.807, 2.05) is 42.0 Å². The third-order valence-electron chi connectivity index (χ3n) is 3.88. The molecule has 4 heterocycles. The van der Waals surface area contributed by atoms with Crippen molar-refractivity contribution >= 4 is 11.5 Å². The largest absolute Gasteiger partial charge is 0.496 e. The van der Waals surface area contributed by atoms with Crippen molar-refractivity contribution in [2.75, 3.05) is 12.8 Å². The van der Waals surface area contributed by atoms with Gasteiger partial charge in [0, 0.05) is 36.6 Å². The van der Waals surface area contributed by atoms with E-state index in [4.69, 9.17) is 10.5 Å². The highest BCUT2D eigenvalue weighted by atomic mass is 16.5. The average Bonchev–Trinajstić information content (AvgIpc) is 3.19. The van der Waals surface area contributed by atoms with Crippen molar-refractivity contribution < 1.29 is 4.74 Å². The van der Waals surface area contributed by atoms with Gasteiger partial charge in [0.25, 0.3) is 0 Å². The Hall–Kier alpha value is -3.35. The van der Waals surface area contributed by atoms with E-state index in [0.717, 1.165) is 33.9 Å². The number of anilines is 1. The number of hydrogen-bond donors (Lipinski definition) is 1. The molecule has 0 aliphatic rings. The number of nitrogens with zero attached hydrogens (tertiary/aromatic N) is 5. The normalized spacial score (nSPS) is 11.1. The zero-order valence-corrected chi connectivity index (χ0v) is 13.3. The molecule has 4 aromatic heterocycles. The minimum Gasteiger partial charge on any atom is -0.496 e. The average molecular weight is 320 g/mol. The maximum Gasteiger partial charge on any atom is 0.140 e. The van der Waals surface area contributed by atoms with Gasteiger partial charge >= 0.3 is 0 Å². The molecule has 120 valence electrons. The number of ether oxygens (including phenoxy) is 1. The Morgan fingerprint density at radius 3 is 2.75 bits per heavy atom. The Kier molecular flexibility index (Phi) is 3.19. The summed E-state index contributed by atoms with van der Waals surface area (Å²) in [5, 5.41) is 4.24. The van der Waals surface area contributed by atoms with Gasteiger partial charge in [0.1, 0.15) is 17.2 Å². The van der Waals surface area contributed by atoms with Crippen LogP contribution in [0, 0.1) is 0 Å². The lowest BCUT2D eigenvalue weighted by molar-refractivity contribution is 0.416. The molecule has 4 aromatic rings. The first-order valence-electron chi connectivity index (χ1n) is 7.43. The molecule has 0 radical (unpaired) electrons. The molecule has 0 bridgehead atoms. The van der Waals surface area contributed by atoms with Crippen LogP contribution in [-0.4, -0.2) is 31.3 Å². The van der Waals surface area contributed by atoms with Crippen molar-refractivity contribution in [1.29, 1.82) is 0 Å². The second-order valence-electron chi connectivity index (χ2n) is 5.48. The number of aryl methyl sites for hydroxylation is 1. The summed E-state index contributed by atoms with van der Waals surface area (Å²) in [5.41, 5.74) is 10.1. The first-order chi connectivity index (χ1) is 11.7. The summed E-state index contributed by atoms with van der Waals surface area (Å²) in [5.74, 6) is 1.22. The number of pyridine rings is 2. The van der Waals surface area contributed by atoms with Crippen LogP contribution < -0.4 is 10.5 Å². The molecule has 0 aliphatic heterocycles. The minimum absolute atomic E-state index is 0.475. The monoisotopic (exact) mass is 320 g/mol. The summed E-state index contributed by atoms with van der Waals surface area (Å²) in [7, 11) is 3.53. The van der Waals surface area contributed by atoms with Crippen molar-refractivity contribution in [3.05, 3.63) is 49.1 Å². The van der Waals surface area contributed by atoms with Crippen molar-refractivity contribution in [2.24, 2.45) is 7.05 Å². The summed E-state index contributed by atoms with van der Waals surface area (Å²) >= 11 is 0. The number of hydrogen-bond acceptors (Lipinski definition) is 5. The van der Waals surface area contributed by atoms with Gasteiger partial charge < -0.3 is 10.5 Å². The third kappa shape index (κ3) is 2.26. The van der Waals surface area contributed by atoms with Crippen LogP contribution in [0.25, 0.3) is 28.2 Å². The molecule has 24 heavy (non-hydrogen) atoms. The van der Waals surface area contributed by atoms with Crippen molar-refractivity contribution in [2.45, 2.75) is 0 Å². The Bertz CT molecular complexity index is 1030. The van der Waals surface area contributed by atoms with Crippen LogP contribution in [-0.2, 0) is 7.05 Å². The molecular weight excluding hydrogens is 304 g/mol. The van der Waals surface area contributed by atoms with Crippen LogP contribution in [0.2, 0.25) is 0 Å². The van der Waals surface area contributed by atoms with Gasteiger partial charge in [0.2, 0.25) is 0 Å². The summed E-state index contributed by atoms with van der Waals surface area (Å²) in [6.45, 7) is 0. The molecule has 0 aliphatic carbocycles. The van der Waals surface area contributed by atoms with Crippen LogP contribution in [0.4, 0.5) is 5.82 Å². The molecule has 0 saturated heterocycles. The molecule has 0 atom stereocenters. The zero-order chi connectivity index (χ0) is 16.7. The molecule has 0 amide bonds. The van der Waals surface area contributed by atoms with Gasteiger partial charge in [0.15, 0.2) is 0 Å². The number of rotatable bonds is 3. The number of methoxy groups -OCH3 is 1. The van der Waals surface area contributed by atoms with Gasteiger partial charge in [-0.05, 0) is 12.1 Å². The van der Waals surface area contributed by atoms with Crippen molar-refractivity contribution in [1.82, 2.24) is 24.1 Å². The van der Waals surface area contributed by atoms with Crippen molar-refractivity contribution in [3.63, 3.8) is 0 Å². The number of nitrogen functional groups attached to an aromatic ring is 1. The maximum absolute atomic E-state index is 5.81. The lowest BCUT2D eigenvalue weighted by atomic mass is 10.1. The van der Waals surface area contributed by atoms with Gasteiger partial charge in [-0.2, -0.15) is 5.10 Å². The van der Waals surface area contributed by atoms with Crippen LogP contribution in [0.5, 0.6) is 5.75 Å². The van der Waals surface area contributed by atoms with E-state index < -0.39 is 0 Å². The Morgan fingerprint density at radius 2 is 2.04 bits per heavy atom. The SMILES string of the molecule is COc1cc2ncc(-c3cccc(N)n3)n2cc1-c1cnn(C)c1. The van der Waals surface area contributed by atoms with E-state index in [9.17, 15) is 0 Å². The molecule has 7 nitrogen and oxygen atoms in total. The predicted molar refractivity (Wildman–Crippen MR) is 91.6 cm³/mol. The highest BCUT2D eigenvalue weighted by Gasteiger charge is 2.14. The summed E-state index contributed by atoms with van der Waals surface area (Å²) in [6, 6.07) is 7.45. The molecule has 0 aromatic carbocycles. The molecule has 4 rings (SSSR count). The van der Waals surface area contributed by atoms with Crippen molar-refractivity contribution in [3.8, 4) is 28.3 Å². The lowest BCUT2D eigenvalue weighted by Gasteiger charge is -2.09. The van der Waals surface area contributed by atoms with Crippen LogP contribution in [0.15, 0.2) is 49.1 Å². The molecule has 2 N–H and O–H groups in total. The zero-order valence-electron chi connectivity index (χ0n) is 13.3. The molecule has 0 unspecified atom stereocenters. The first-order valence-corrected chi connectivity index (χ1v) is 7.43. The van der Waals surface area contributed by atoms with E-state index in [0.29, 0.717) is 5.82 Å². The van der Waals surface area contributed by atoms with E-state index in [-0.39, 0.29) is 0 Å². The number of fused-ring (bicyclic) bond motifs is 1. The summed E-state index contributed by atoms with van der Waals surface area (Å²) < 4.78 is 9.26. The summed E-state index contributed by atoms with van der Waals surface area (Å²) in [4.78, 5) is 8.84.